The maximum absolute atomic E-state index is 11.4. The molecular weight excluding hydrogens is 346 g/mol. The van der Waals surface area contributed by atoms with Crippen LogP contribution in [0.4, 0.5) is 11.4 Å². The summed E-state index contributed by atoms with van der Waals surface area (Å²) in [6.45, 7) is 0.657. The van der Waals surface area contributed by atoms with Gasteiger partial charge in [0, 0.05) is 35.0 Å². The van der Waals surface area contributed by atoms with Gasteiger partial charge in [0.1, 0.15) is 0 Å². The Balaban J connectivity index is 2.12. The summed E-state index contributed by atoms with van der Waals surface area (Å²) in [5, 5.41) is 24.1. The standard InChI is InChI=1S/C13H12ClN3O5S/c14-5-7-6-15-11-4-12(17(19)20)10-3-8(23-22-21-16-18)1-2-9(10)13(7)11/h1-4,7,15-16,18H,5-6H2. The molecule has 1 atom stereocenters. The number of nitro groups is 1. The number of fused-ring (bicyclic) bond motifs is 3. The fourth-order valence-corrected chi connectivity index (χ4v) is 3.43. The monoisotopic (exact) mass is 357 g/mol. The Hall–Kier alpha value is -1.62. The molecule has 8 nitrogen and oxygen atoms in total. The first-order valence-electron chi connectivity index (χ1n) is 6.60. The van der Waals surface area contributed by atoms with Gasteiger partial charge in [0.15, 0.2) is 0 Å². The highest BCUT2D eigenvalue weighted by Crippen LogP contribution is 2.43. The van der Waals surface area contributed by atoms with Gasteiger partial charge in [0.05, 0.1) is 22.4 Å². The second-order valence-electron chi connectivity index (χ2n) is 4.88. The van der Waals surface area contributed by atoms with Crippen LogP contribution in [0.2, 0.25) is 0 Å². The number of nitrogens with zero attached hydrogens (tertiary/aromatic N) is 1. The summed E-state index contributed by atoms with van der Waals surface area (Å²) in [6.07, 6.45) is 0. The molecule has 1 aliphatic rings. The van der Waals surface area contributed by atoms with Crippen LogP contribution in [0.1, 0.15) is 11.5 Å². The van der Waals surface area contributed by atoms with E-state index in [1.807, 2.05) is 0 Å². The molecule has 2 aromatic rings. The van der Waals surface area contributed by atoms with Gasteiger partial charge in [-0.1, -0.05) is 6.07 Å². The average Bonchev–Trinajstić information content (AvgIpc) is 2.97. The smallest absolute Gasteiger partial charge is 0.279 e. The molecule has 0 saturated heterocycles. The maximum atomic E-state index is 11.4. The van der Waals surface area contributed by atoms with Crippen LogP contribution in [0, 0.1) is 10.1 Å². The van der Waals surface area contributed by atoms with Crippen LogP contribution in [0.5, 0.6) is 0 Å². The van der Waals surface area contributed by atoms with Gasteiger partial charge in [-0.25, -0.2) is 0 Å². The lowest BCUT2D eigenvalue weighted by Crippen LogP contribution is -2.05. The lowest BCUT2D eigenvalue weighted by Gasteiger charge is -2.11. The Kier molecular flexibility index (Phi) is 4.85. The predicted molar refractivity (Wildman–Crippen MR) is 85.5 cm³/mol. The van der Waals surface area contributed by atoms with Crippen molar-refractivity contribution >= 4 is 45.8 Å². The summed E-state index contributed by atoms with van der Waals surface area (Å²) >= 11 is 6.82. The van der Waals surface area contributed by atoms with E-state index >= 15 is 0 Å². The zero-order valence-electron chi connectivity index (χ0n) is 11.6. The number of anilines is 1. The number of hydrogen-bond acceptors (Lipinski definition) is 8. The summed E-state index contributed by atoms with van der Waals surface area (Å²) in [5.74, 6) is 0.536. The van der Waals surface area contributed by atoms with Gasteiger partial charge in [-0.2, -0.15) is 0 Å². The van der Waals surface area contributed by atoms with Gasteiger partial charge in [0.2, 0.25) is 0 Å². The van der Waals surface area contributed by atoms with E-state index in [1.54, 1.807) is 18.2 Å². The van der Waals surface area contributed by atoms with E-state index in [4.69, 9.17) is 16.8 Å². The van der Waals surface area contributed by atoms with Crippen LogP contribution in [-0.4, -0.2) is 22.6 Å². The Morgan fingerprint density at radius 3 is 3.00 bits per heavy atom. The van der Waals surface area contributed by atoms with Crippen molar-refractivity contribution in [1.82, 2.24) is 5.64 Å². The lowest BCUT2D eigenvalue weighted by molar-refractivity contribution is -0.383. The first kappa shape index (κ1) is 16.2. The minimum Gasteiger partial charge on any atom is -0.384 e. The summed E-state index contributed by atoms with van der Waals surface area (Å²) < 4.78 is 4.61. The van der Waals surface area contributed by atoms with Crippen molar-refractivity contribution in [2.24, 2.45) is 0 Å². The molecule has 1 aliphatic heterocycles. The highest BCUT2D eigenvalue weighted by atomic mass is 35.5. The molecule has 0 aromatic heterocycles. The normalized spacial score (nSPS) is 16.3. The fraction of sp³-hybridized carbons (Fsp3) is 0.231. The Morgan fingerprint density at radius 1 is 1.48 bits per heavy atom. The van der Waals surface area contributed by atoms with Crippen LogP contribution in [-0.2, 0) is 9.32 Å². The molecule has 10 heteroatoms. The van der Waals surface area contributed by atoms with Crippen molar-refractivity contribution in [3.05, 3.63) is 39.9 Å². The van der Waals surface area contributed by atoms with Crippen LogP contribution < -0.4 is 11.0 Å². The van der Waals surface area contributed by atoms with Crippen LogP contribution in [0.15, 0.2) is 29.2 Å². The molecule has 1 heterocycles. The fourth-order valence-electron chi connectivity index (χ4n) is 2.73. The van der Waals surface area contributed by atoms with E-state index in [-0.39, 0.29) is 11.6 Å². The summed E-state index contributed by atoms with van der Waals surface area (Å²) in [5.41, 5.74) is 3.12. The summed E-state index contributed by atoms with van der Waals surface area (Å²) in [6, 6.07) is 6.72. The van der Waals surface area contributed by atoms with E-state index in [2.05, 4.69) is 14.6 Å². The molecule has 0 spiro atoms. The van der Waals surface area contributed by atoms with Crippen LogP contribution >= 0.6 is 23.6 Å². The van der Waals surface area contributed by atoms with Gasteiger partial charge in [-0.15, -0.1) is 20.9 Å². The molecule has 0 bridgehead atoms. The zero-order chi connectivity index (χ0) is 16.4. The molecule has 1 unspecified atom stereocenters. The van der Waals surface area contributed by atoms with Gasteiger partial charge < -0.3 is 5.32 Å². The molecule has 0 amide bonds. The Morgan fingerprint density at radius 2 is 2.30 bits per heavy atom. The third-order valence-electron chi connectivity index (χ3n) is 3.66. The number of non-ortho nitro benzene ring substituents is 1. The third-order valence-corrected chi connectivity index (χ3v) is 4.62. The highest BCUT2D eigenvalue weighted by molar-refractivity contribution is 7.94. The summed E-state index contributed by atoms with van der Waals surface area (Å²) in [7, 11) is 0. The zero-order valence-corrected chi connectivity index (χ0v) is 13.2. The number of nitrogens with one attached hydrogen (secondary N) is 2. The van der Waals surface area contributed by atoms with Gasteiger partial charge in [0.25, 0.3) is 5.69 Å². The number of nitro benzene ring substituents is 1. The van der Waals surface area contributed by atoms with Gasteiger partial charge in [-0.05, 0) is 28.7 Å². The number of rotatable bonds is 6. The highest BCUT2D eigenvalue weighted by Gasteiger charge is 2.28. The average molecular weight is 358 g/mol. The largest absolute Gasteiger partial charge is 0.384 e. The van der Waals surface area contributed by atoms with E-state index in [1.165, 1.54) is 11.7 Å². The number of alkyl halides is 1. The molecule has 23 heavy (non-hydrogen) atoms. The second-order valence-corrected chi connectivity index (χ2v) is 5.96. The van der Waals surface area contributed by atoms with E-state index in [0.717, 1.165) is 28.7 Å². The number of halogens is 1. The molecular formula is C13H12ClN3O5S. The Labute approximate surface area is 139 Å². The quantitative estimate of drug-likeness (QED) is 0.180. The lowest BCUT2D eigenvalue weighted by atomic mass is 9.95. The van der Waals surface area contributed by atoms with Crippen molar-refractivity contribution in [3.63, 3.8) is 0 Å². The first-order valence-corrected chi connectivity index (χ1v) is 7.87. The SMILES string of the molecule is O=[N+]([O-])c1cc2c(c3ccc(SOONO)cc13)C(CCl)CN2. The van der Waals surface area contributed by atoms with E-state index in [0.29, 0.717) is 22.7 Å². The second kappa shape index (κ2) is 6.87. The van der Waals surface area contributed by atoms with Crippen LogP contribution in [0.3, 0.4) is 0 Å². The minimum atomic E-state index is -0.417. The molecule has 0 aliphatic carbocycles. The van der Waals surface area contributed by atoms with Crippen LogP contribution in [0.25, 0.3) is 10.8 Å². The molecule has 0 fully saturated rings. The molecule has 3 N–H and O–H groups in total. The van der Waals surface area contributed by atoms with Crippen molar-refractivity contribution in [1.29, 1.82) is 0 Å². The van der Waals surface area contributed by atoms with Gasteiger partial charge >= 0.3 is 0 Å². The third kappa shape index (κ3) is 3.07. The molecule has 0 radical (unpaired) electrons. The Bertz CT molecular complexity index is 760. The van der Waals surface area contributed by atoms with E-state index in [9.17, 15) is 10.1 Å². The molecule has 122 valence electrons. The number of hydrogen-bond donors (Lipinski definition) is 3. The summed E-state index contributed by atoms with van der Waals surface area (Å²) in [4.78, 5) is 15.7. The van der Waals surface area contributed by atoms with Crippen molar-refractivity contribution < 1.29 is 19.5 Å². The van der Waals surface area contributed by atoms with Gasteiger partial charge in [-0.3, -0.25) is 15.3 Å². The molecule has 0 saturated carbocycles. The number of benzene rings is 2. The van der Waals surface area contributed by atoms with E-state index < -0.39 is 4.92 Å². The van der Waals surface area contributed by atoms with Crippen molar-refractivity contribution in [3.8, 4) is 0 Å². The van der Waals surface area contributed by atoms with Crippen molar-refractivity contribution in [2.45, 2.75) is 10.8 Å². The molecule has 2 aromatic carbocycles. The maximum Gasteiger partial charge on any atom is 0.279 e. The van der Waals surface area contributed by atoms with Crippen molar-refractivity contribution in [2.75, 3.05) is 17.7 Å². The minimum absolute atomic E-state index is 0.00474. The molecule has 3 rings (SSSR count). The topological polar surface area (TPSA) is 106 Å². The predicted octanol–water partition coefficient (Wildman–Crippen LogP) is 3.35. The first-order chi connectivity index (χ1) is 11.2.